The molecule has 86 valence electrons. The first-order valence-corrected chi connectivity index (χ1v) is 8.89. The molecule has 0 aromatic heterocycles. The molecule has 0 N–H and O–H groups in total. The maximum absolute atomic E-state index is 5.87. The number of benzene rings is 1. The first-order valence-electron chi connectivity index (χ1n) is 5.49. The Labute approximate surface area is 97.4 Å². The van der Waals surface area contributed by atoms with E-state index in [9.17, 15) is 0 Å². The first-order chi connectivity index (χ1) is 7.46. The zero-order chi connectivity index (χ0) is 11.8. The fourth-order valence-corrected chi connectivity index (χ4v) is 2.51. The zero-order valence-corrected chi connectivity index (χ0v) is 11.3. The van der Waals surface area contributed by atoms with Crippen molar-refractivity contribution >= 4 is 14.5 Å². The molecule has 3 nitrogen and oxygen atoms in total. The van der Waals surface area contributed by atoms with Crippen molar-refractivity contribution in [3.05, 3.63) is 29.3 Å². The van der Waals surface area contributed by atoms with Crippen molar-refractivity contribution in [2.24, 2.45) is 0 Å². The Morgan fingerprint density at radius 3 is 2.75 bits per heavy atom. The van der Waals surface area contributed by atoms with Crippen molar-refractivity contribution < 1.29 is 14.0 Å². The van der Waals surface area contributed by atoms with Gasteiger partial charge in [0.25, 0.3) is 0 Å². The fourth-order valence-electron chi connectivity index (χ4n) is 1.70. The molecular weight excluding hydrogens is 218 g/mol. The summed E-state index contributed by atoms with van der Waals surface area (Å²) in [6.07, 6.45) is 2.02. The van der Waals surface area contributed by atoms with Crippen molar-refractivity contribution in [2.45, 2.75) is 26.6 Å². The number of ether oxygens (including phenoxy) is 1. The lowest BCUT2D eigenvalue weighted by Gasteiger charge is -2.18. The normalized spacial score (nSPS) is 14.9. The molecule has 1 aliphatic rings. The minimum atomic E-state index is -1.56. The van der Waals surface area contributed by atoms with Crippen LogP contribution in [-0.4, -0.2) is 26.0 Å². The predicted octanol–water partition coefficient (Wildman–Crippen LogP) is 2.54. The molecule has 0 radical (unpaired) electrons. The summed E-state index contributed by atoms with van der Waals surface area (Å²) in [5, 5.41) is 0. The summed E-state index contributed by atoms with van der Waals surface area (Å²) in [7, 11) is -1.56. The highest BCUT2D eigenvalue weighted by atomic mass is 28.4. The quantitative estimate of drug-likeness (QED) is 0.581. The van der Waals surface area contributed by atoms with Crippen LogP contribution in [0, 0.1) is 6.92 Å². The van der Waals surface area contributed by atoms with Gasteiger partial charge in [0.2, 0.25) is 6.21 Å². The van der Waals surface area contributed by atoms with Crippen LogP contribution in [0.5, 0.6) is 5.75 Å². The van der Waals surface area contributed by atoms with E-state index in [1.165, 1.54) is 5.56 Å². The third-order valence-corrected chi connectivity index (χ3v) is 3.03. The predicted molar refractivity (Wildman–Crippen MR) is 66.5 cm³/mol. The topological polar surface area (TPSA) is 21.5 Å². The van der Waals surface area contributed by atoms with Crippen molar-refractivity contribution in [2.75, 3.05) is 6.73 Å². The van der Waals surface area contributed by atoms with Crippen LogP contribution < -0.4 is 4.74 Å². The Morgan fingerprint density at radius 2 is 2.06 bits per heavy atom. The van der Waals surface area contributed by atoms with Crippen LogP contribution >= 0.6 is 0 Å². The highest BCUT2D eigenvalue weighted by molar-refractivity contribution is 6.69. The van der Waals surface area contributed by atoms with Crippen LogP contribution in [-0.2, 0) is 4.53 Å². The second-order valence-corrected chi connectivity index (χ2v) is 9.42. The Morgan fingerprint density at radius 1 is 1.31 bits per heavy atom. The van der Waals surface area contributed by atoms with Crippen LogP contribution in [0.1, 0.15) is 11.1 Å². The van der Waals surface area contributed by atoms with Gasteiger partial charge in [0.05, 0.1) is 5.56 Å². The van der Waals surface area contributed by atoms with E-state index in [-0.39, 0.29) is 0 Å². The summed E-state index contributed by atoms with van der Waals surface area (Å²) in [5.41, 5.74) is 2.26. The van der Waals surface area contributed by atoms with Crippen molar-refractivity contribution in [3.8, 4) is 5.75 Å². The Kier molecular flexibility index (Phi) is 2.76. The van der Waals surface area contributed by atoms with E-state index >= 15 is 0 Å². The Hall–Kier alpha value is -1.29. The molecule has 16 heavy (non-hydrogen) atoms. The number of nitrogens with zero attached hydrogens (tertiary/aromatic N) is 1. The number of aryl methyl sites for hydroxylation is 1. The number of hydrogen-bond donors (Lipinski definition) is 0. The van der Waals surface area contributed by atoms with Crippen LogP contribution in [0.2, 0.25) is 19.6 Å². The molecule has 0 atom stereocenters. The SMILES string of the molecule is Cc1cccc2c1OC[N+](O[Si](C)(C)C)=C2. The lowest BCUT2D eigenvalue weighted by Crippen LogP contribution is -2.36. The van der Waals surface area contributed by atoms with Gasteiger partial charge in [-0.05, 0) is 42.9 Å². The van der Waals surface area contributed by atoms with Crippen LogP contribution in [0.4, 0.5) is 0 Å². The summed E-state index contributed by atoms with van der Waals surface area (Å²) in [6.45, 7) is 9.01. The average molecular weight is 236 g/mol. The van der Waals surface area contributed by atoms with Crippen LogP contribution in [0.3, 0.4) is 0 Å². The summed E-state index contributed by atoms with van der Waals surface area (Å²) in [5.74, 6) is 0.970. The third kappa shape index (κ3) is 2.44. The van der Waals surface area contributed by atoms with Crippen molar-refractivity contribution in [1.29, 1.82) is 0 Å². The lowest BCUT2D eigenvalue weighted by atomic mass is 10.1. The van der Waals surface area contributed by atoms with E-state index < -0.39 is 8.32 Å². The van der Waals surface area contributed by atoms with Gasteiger partial charge < -0.3 is 9.26 Å². The highest BCUT2D eigenvalue weighted by Crippen LogP contribution is 2.24. The molecule has 0 fully saturated rings. The molecule has 0 bridgehead atoms. The van der Waals surface area contributed by atoms with Gasteiger partial charge in [-0.15, -0.1) is 0 Å². The van der Waals surface area contributed by atoms with E-state index in [1.54, 1.807) is 4.74 Å². The maximum Gasteiger partial charge on any atom is 0.336 e. The van der Waals surface area contributed by atoms with Gasteiger partial charge in [-0.25, -0.2) is 0 Å². The molecule has 0 saturated heterocycles. The summed E-state index contributed by atoms with van der Waals surface area (Å²) in [4.78, 5) is 0. The third-order valence-electron chi connectivity index (χ3n) is 2.25. The molecule has 1 aromatic carbocycles. The number of hydrogen-bond acceptors (Lipinski definition) is 2. The van der Waals surface area contributed by atoms with Gasteiger partial charge in [0.15, 0.2) is 0 Å². The smallest absolute Gasteiger partial charge is 0.336 e. The first kappa shape index (κ1) is 11.2. The standard InChI is InChI=1S/C12H18NO2Si/c1-10-6-5-7-11-8-13(9-14-12(10)11)15-16(2,3)4/h5-8H,9H2,1-4H3/q+1. The largest absolute Gasteiger partial charge is 0.432 e. The maximum atomic E-state index is 5.87. The van der Waals surface area contributed by atoms with Gasteiger partial charge in [-0.3, -0.25) is 0 Å². The minimum Gasteiger partial charge on any atom is -0.432 e. The average Bonchev–Trinajstić information content (AvgIpc) is 2.15. The van der Waals surface area contributed by atoms with Crippen LogP contribution in [0.15, 0.2) is 18.2 Å². The van der Waals surface area contributed by atoms with E-state index in [4.69, 9.17) is 9.26 Å². The second kappa shape index (κ2) is 3.94. The highest BCUT2D eigenvalue weighted by Gasteiger charge is 2.27. The van der Waals surface area contributed by atoms with Crippen molar-refractivity contribution in [1.82, 2.24) is 0 Å². The molecule has 4 heteroatoms. The number of hydroxylamine groups is 1. The monoisotopic (exact) mass is 236 g/mol. The molecule has 1 aromatic rings. The minimum absolute atomic E-state index is 0.474. The Balaban J connectivity index is 2.28. The summed E-state index contributed by atoms with van der Waals surface area (Å²) in [6, 6.07) is 6.13. The molecule has 0 saturated carbocycles. The second-order valence-electron chi connectivity index (χ2n) is 5.02. The summed E-state index contributed by atoms with van der Waals surface area (Å²) < 4.78 is 13.4. The van der Waals surface area contributed by atoms with E-state index in [1.807, 2.05) is 18.3 Å². The molecule has 1 aliphatic heterocycles. The van der Waals surface area contributed by atoms with Crippen LogP contribution in [0.25, 0.3) is 0 Å². The van der Waals surface area contributed by atoms with Gasteiger partial charge in [-0.1, -0.05) is 12.1 Å². The molecule has 0 amide bonds. The lowest BCUT2D eigenvalue weighted by molar-refractivity contribution is -0.768. The van der Waals surface area contributed by atoms with Gasteiger partial charge >= 0.3 is 15.0 Å². The number of rotatable bonds is 2. The molecule has 1 heterocycles. The van der Waals surface area contributed by atoms with E-state index in [0.29, 0.717) is 6.73 Å². The van der Waals surface area contributed by atoms with E-state index in [2.05, 4.69) is 32.6 Å². The fraction of sp³-hybridized carbons (Fsp3) is 0.417. The Bertz CT molecular complexity index is 435. The number of fused-ring (bicyclic) bond motifs is 1. The molecule has 2 rings (SSSR count). The van der Waals surface area contributed by atoms with Gasteiger partial charge in [0.1, 0.15) is 5.75 Å². The molecule has 0 spiro atoms. The van der Waals surface area contributed by atoms with Crippen molar-refractivity contribution in [3.63, 3.8) is 0 Å². The van der Waals surface area contributed by atoms with Gasteiger partial charge in [-0.2, -0.15) is 0 Å². The molecule has 0 unspecified atom stereocenters. The molecular formula is C12H18NO2Si+. The summed E-state index contributed by atoms with van der Waals surface area (Å²) >= 11 is 0. The zero-order valence-electron chi connectivity index (χ0n) is 10.3. The van der Waals surface area contributed by atoms with Gasteiger partial charge in [0, 0.05) is 0 Å². The molecule has 0 aliphatic carbocycles. The number of para-hydroxylation sites is 1. The van der Waals surface area contributed by atoms with E-state index in [0.717, 1.165) is 11.3 Å².